The van der Waals surface area contributed by atoms with E-state index >= 15 is 0 Å². The molecule has 1 fully saturated rings. The van der Waals surface area contributed by atoms with Crippen molar-refractivity contribution in [1.29, 1.82) is 0 Å². The molecule has 3 rings (SSSR count). The number of carbonyl (C=O) groups is 2. The lowest BCUT2D eigenvalue weighted by atomic mass is 10.3. The molecule has 1 aliphatic heterocycles. The molecule has 2 aromatic heterocycles. The first-order valence-electron chi connectivity index (χ1n) is 5.65. The fraction of sp³-hybridized carbons (Fsp3) is 0.300. The highest BCUT2D eigenvalue weighted by Crippen LogP contribution is 2.09. The molecular weight excluding hydrogens is 268 g/mol. The number of imidazole rings is 1. The number of aromatic nitrogens is 4. The summed E-state index contributed by atoms with van der Waals surface area (Å²) in [6.07, 6.45) is 1.38. The summed E-state index contributed by atoms with van der Waals surface area (Å²) in [6.45, 7) is 0. The van der Waals surface area contributed by atoms with Crippen LogP contribution in [0, 0.1) is 0 Å². The van der Waals surface area contributed by atoms with Gasteiger partial charge in [-0.25, -0.2) is 14.3 Å². The van der Waals surface area contributed by atoms with Crippen molar-refractivity contribution >= 4 is 23.0 Å². The number of fused-ring (bicyclic) bond motifs is 1. The lowest BCUT2D eigenvalue weighted by Crippen LogP contribution is -2.45. The van der Waals surface area contributed by atoms with E-state index in [1.165, 1.54) is 17.9 Å². The van der Waals surface area contributed by atoms with Gasteiger partial charge in [0, 0.05) is 14.1 Å². The minimum Gasteiger partial charge on any atom is -0.328 e. The third-order valence-electron chi connectivity index (χ3n) is 3.21. The van der Waals surface area contributed by atoms with Gasteiger partial charge in [-0.3, -0.25) is 29.8 Å². The number of rotatable bonds is 1. The topological polar surface area (TPSA) is 120 Å². The molecule has 0 atom stereocenters. The van der Waals surface area contributed by atoms with Crippen molar-refractivity contribution in [3.8, 4) is 0 Å². The zero-order valence-corrected chi connectivity index (χ0v) is 10.6. The maximum Gasteiger partial charge on any atom is 0.333 e. The number of carbonyl (C=O) groups excluding carboxylic acids is 2. The molecule has 2 amide bonds. The smallest absolute Gasteiger partial charge is 0.328 e. The van der Waals surface area contributed by atoms with Crippen LogP contribution >= 0.6 is 0 Å². The Labute approximate surface area is 110 Å². The van der Waals surface area contributed by atoms with Crippen molar-refractivity contribution in [2.24, 2.45) is 14.1 Å². The summed E-state index contributed by atoms with van der Waals surface area (Å²) in [5, 5.41) is 0. The van der Waals surface area contributed by atoms with Gasteiger partial charge in [0.1, 0.15) is 0 Å². The number of hydrogen-bond acceptors (Lipinski definition) is 5. The minimum atomic E-state index is -1.51. The van der Waals surface area contributed by atoms with Crippen LogP contribution in [-0.4, -0.2) is 30.5 Å². The van der Waals surface area contributed by atoms with Gasteiger partial charge in [0.25, 0.3) is 17.4 Å². The molecule has 10 heteroatoms. The van der Waals surface area contributed by atoms with E-state index < -0.39 is 29.1 Å². The van der Waals surface area contributed by atoms with Gasteiger partial charge in [0.05, 0.1) is 6.33 Å². The molecule has 104 valence electrons. The van der Waals surface area contributed by atoms with Crippen molar-refractivity contribution in [2.75, 3.05) is 0 Å². The normalized spacial score (nSPS) is 15.7. The number of aryl methyl sites for hydroxylation is 2. The van der Waals surface area contributed by atoms with E-state index in [0.717, 1.165) is 4.57 Å². The van der Waals surface area contributed by atoms with Crippen LogP contribution < -0.4 is 22.1 Å². The summed E-state index contributed by atoms with van der Waals surface area (Å²) >= 11 is 0. The average Bonchev–Trinajstić information content (AvgIpc) is 2.93. The Morgan fingerprint density at radius 2 is 1.70 bits per heavy atom. The number of nitrogens with zero attached hydrogens (tertiary/aromatic N) is 4. The fourth-order valence-corrected chi connectivity index (χ4v) is 2.20. The highest BCUT2D eigenvalue weighted by molar-refractivity contribution is 6.07. The van der Waals surface area contributed by atoms with Crippen molar-refractivity contribution < 1.29 is 9.59 Å². The largest absolute Gasteiger partial charge is 0.333 e. The summed E-state index contributed by atoms with van der Waals surface area (Å²) < 4.78 is 3.18. The fourth-order valence-electron chi connectivity index (χ4n) is 2.20. The molecule has 1 aliphatic rings. The predicted molar refractivity (Wildman–Crippen MR) is 65.5 cm³/mol. The molecule has 0 aliphatic carbocycles. The first-order chi connectivity index (χ1) is 9.43. The Hall–Kier alpha value is -2.91. The van der Waals surface area contributed by atoms with Gasteiger partial charge in [0.2, 0.25) is 6.04 Å². The van der Waals surface area contributed by atoms with Gasteiger partial charge in [-0.2, -0.15) is 0 Å². The van der Waals surface area contributed by atoms with Crippen molar-refractivity contribution in [3.63, 3.8) is 0 Å². The molecular formula is C10H10N6O4. The Bertz CT molecular complexity index is 856. The molecule has 10 nitrogen and oxygen atoms in total. The minimum absolute atomic E-state index is 0.139. The van der Waals surface area contributed by atoms with Gasteiger partial charge >= 0.3 is 5.69 Å². The number of hydrogen-bond donors (Lipinski definition) is 2. The van der Waals surface area contributed by atoms with Crippen LogP contribution in [-0.2, 0) is 23.7 Å². The SMILES string of the molecule is Cn1cnc2c1c(=O)n(C1C(=O)NNC1=O)c(=O)n2C. The number of hydrazine groups is 1. The summed E-state index contributed by atoms with van der Waals surface area (Å²) in [6, 6.07) is -1.51. The van der Waals surface area contributed by atoms with E-state index in [1.807, 2.05) is 0 Å². The molecule has 0 spiro atoms. The van der Waals surface area contributed by atoms with Gasteiger partial charge in [0.15, 0.2) is 11.2 Å². The lowest BCUT2D eigenvalue weighted by molar-refractivity contribution is -0.127. The highest BCUT2D eigenvalue weighted by Gasteiger charge is 2.38. The molecule has 20 heavy (non-hydrogen) atoms. The number of amides is 2. The standard InChI is InChI=1S/C10H10N6O4/c1-14-3-11-6-4(14)9(19)16(10(20)15(6)2)5-7(17)12-13-8(5)18/h3,5H,1-2H3,(H,12,17)(H,13,18). The second-order valence-corrected chi connectivity index (χ2v) is 4.43. The summed E-state index contributed by atoms with van der Waals surface area (Å²) in [5.74, 6) is -1.51. The quantitative estimate of drug-likeness (QED) is 0.543. The van der Waals surface area contributed by atoms with Crippen LogP contribution in [0.15, 0.2) is 15.9 Å². The van der Waals surface area contributed by atoms with E-state index in [2.05, 4.69) is 15.8 Å². The Kier molecular flexibility index (Phi) is 2.30. The molecule has 2 aromatic rings. The van der Waals surface area contributed by atoms with E-state index in [1.54, 1.807) is 7.05 Å². The zero-order valence-electron chi connectivity index (χ0n) is 10.6. The van der Waals surface area contributed by atoms with E-state index in [9.17, 15) is 19.2 Å². The van der Waals surface area contributed by atoms with Gasteiger partial charge < -0.3 is 4.57 Å². The van der Waals surface area contributed by atoms with Crippen molar-refractivity contribution in [2.45, 2.75) is 6.04 Å². The van der Waals surface area contributed by atoms with Crippen LogP contribution in [0.4, 0.5) is 0 Å². The van der Waals surface area contributed by atoms with Crippen LogP contribution in [0.3, 0.4) is 0 Å². The second-order valence-electron chi connectivity index (χ2n) is 4.43. The first kappa shape index (κ1) is 12.1. The summed E-state index contributed by atoms with van der Waals surface area (Å²) in [4.78, 5) is 51.8. The lowest BCUT2D eigenvalue weighted by Gasteiger charge is -2.10. The summed E-state index contributed by atoms with van der Waals surface area (Å²) in [7, 11) is 3.00. The zero-order chi connectivity index (χ0) is 14.6. The Balaban J connectivity index is 2.45. The van der Waals surface area contributed by atoms with Crippen LogP contribution in [0.2, 0.25) is 0 Å². The highest BCUT2D eigenvalue weighted by atomic mass is 16.2. The van der Waals surface area contributed by atoms with Gasteiger partial charge in [-0.15, -0.1) is 0 Å². The maximum atomic E-state index is 12.4. The molecule has 0 saturated carbocycles. The Morgan fingerprint density at radius 1 is 1.10 bits per heavy atom. The molecule has 3 heterocycles. The van der Waals surface area contributed by atoms with Gasteiger partial charge in [-0.05, 0) is 0 Å². The molecule has 0 bridgehead atoms. The van der Waals surface area contributed by atoms with Gasteiger partial charge in [-0.1, -0.05) is 0 Å². The second kappa shape index (κ2) is 3.79. The number of nitrogens with one attached hydrogen (secondary N) is 2. The molecule has 0 unspecified atom stereocenters. The van der Waals surface area contributed by atoms with E-state index in [0.29, 0.717) is 4.57 Å². The van der Waals surface area contributed by atoms with Crippen LogP contribution in [0.25, 0.3) is 11.2 Å². The maximum absolute atomic E-state index is 12.4. The summed E-state index contributed by atoms with van der Waals surface area (Å²) in [5.41, 5.74) is 2.97. The molecule has 1 saturated heterocycles. The first-order valence-corrected chi connectivity index (χ1v) is 5.65. The molecule has 0 aromatic carbocycles. The predicted octanol–water partition coefficient (Wildman–Crippen LogP) is -2.86. The average molecular weight is 278 g/mol. The van der Waals surface area contributed by atoms with Crippen LogP contribution in [0.1, 0.15) is 6.04 Å². The van der Waals surface area contributed by atoms with E-state index in [-0.39, 0.29) is 11.2 Å². The Morgan fingerprint density at radius 3 is 2.30 bits per heavy atom. The monoisotopic (exact) mass is 278 g/mol. The van der Waals surface area contributed by atoms with Crippen molar-refractivity contribution in [1.82, 2.24) is 29.5 Å². The third-order valence-corrected chi connectivity index (χ3v) is 3.21. The van der Waals surface area contributed by atoms with Crippen molar-refractivity contribution in [3.05, 3.63) is 27.2 Å². The third kappa shape index (κ3) is 1.35. The van der Waals surface area contributed by atoms with E-state index in [4.69, 9.17) is 0 Å². The molecule has 0 radical (unpaired) electrons. The molecule has 2 N–H and O–H groups in total. The van der Waals surface area contributed by atoms with Crippen LogP contribution in [0.5, 0.6) is 0 Å².